The number of benzene rings is 2. The highest BCUT2D eigenvalue weighted by Gasteiger charge is 2.23. The Labute approximate surface area is 179 Å². The molecule has 8 heteroatoms. The van der Waals surface area contributed by atoms with Crippen LogP contribution in [0.3, 0.4) is 0 Å². The Hall–Kier alpha value is -3.32. The number of hydrogen-bond donors (Lipinski definition) is 0. The van der Waals surface area contributed by atoms with Crippen molar-refractivity contribution in [3.8, 4) is 17.4 Å². The lowest BCUT2D eigenvalue weighted by Gasteiger charge is -2.35. The summed E-state index contributed by atoms with van der Waals surface area (Å²) in [5.74, 6) is 2.46. The normalized spacial score (nSPS) is 13.8. The van der Waals surface area contributed by atoms with Gasteiger partial charge in [0.25, 0.3) is 5.91 Å². The monoisotopic (exact) mass is 424 g/mol. The van der Waals surface area contributed by atoms with Crippen molar-refractivity contribution in [3.05, 3.63) is 71.5 Å². The van der Waals surface area contributed by atoms with Gasteiger partial charge in [0.15, 0.2) is 0 Å². The van der Waals surface area contributed by atoms with Gasteiger partial charge in [-0.3, -0.25) is 4.79 Å². The number of rotatable bonds is 5. The zero-order valence-corrected chi connectivity index (χ0v) is 17.2. The SMILES string of the molecule is COc1ccc(C(=O)N2CCN(c3cc(Oc4ccccc4Cl)ncn3)CC2)cc1. The van der Waals surface area contributed by atoms with E-state index in [9.17, 15) is 4.79 Å². The van der Waals surface area contributed by atoms with E-state index in [1.165, 1.54) is 6.33 Å². The first-order valence-corrected chi connectivity index (χ1v) is 9.94. The molecule has 1 fully saturated rings. The fourth-order valence-corrected chi connectivity index (χ4v) is 3.43. The van der Waals surface area contributed by atoms with Gasteiger partial charge >= 0.3 is 0 Å². The fourth-order valence-electron chi connectivity index (χ4n) is 3.25. The van der Waals surface area contributed by atoms with Gasteiger partial charge in [-0.15, -0.1) is 0 Å². The highest BCUT2D eigenvalue weighted by Crippen LogP contribution is 2.29. The van der Waals surface area contributed by atoms with Crippen LogP contribution in [0.25, 0.3) is 0 Å². The first-order valence-electron chi connectivity index (χ1n) is 9.57. The van der Waals surface area contributed by atoms with Crippen LogP contribution >= 0.6 is 11.6 Å². The molecule has 0 radical (unpaired) electrons. The predicted molar refractivity (Wildman–Crippen MR) is 115 cm³/mol. The van der Waals surface area contributed by atoms with Crippen LogP contribution in [0.15, 0.2) is 60.9 Å². The fraction of sp³-hybridized carbons (Fsp3) is 0.227. The number of anilines is 1. The van der Waals surface area contributed by atoms with Crippen molar-refractivity contribution in [2.24, 2.45) is 0 Å². The maximum Gasteiger partial charge on any atom is 0.253 e. The molecule has 0 bridgehead atoms. The van der Waals surface area contributed by atoms with E-state index in [4.69, 9.17) is 21.1 Å². The highest BCUT2D eigenvalue weighted by atomic mass is 35.5. The van der Waals surface area contributed by atoms with Crippen LogP contribution in [0.1, 0.15) is 10.4 Å². The molecule has 0 unspecified atom stereocenters. The minimum Gasteiger partial charge on any atom is -0.497 e. The van der Waals surface area contributed by atoms with Gasteiger partial charge < -0.3 is 19.3 Å². The van der Waals surface area contributed by atoms with E-state index in [0.29, 0.717) is 48.4 Å². The highest BCUT2D eigenvalue weighted by molar-refractivity contribution is 6.32. The summed E-state index contributed by atoms with van der Waals surface area (Å²) in [7, 11) is 1.61. The van der Waals surface area contributed by atoms with Crippen LogP contribution < -0.4 is 14.4 Å². The molecule has 1 saturated heterocycles. The van der Waals surface area contributed by atoms with Gasteiger partial charge in [-0.05, 0) is 36.4 Å². The smallest absolute Gasteiger partial charge is 0.253 e. The van der Waals surface area contributed by atoms with Crippen LogP contribution in [-0.2, 0) is 0 Å². The average molecular weight is 425 g/mol. The number of amides is 1. The second-order valence-corrected chi connectivity index (χ2v) is 7.16. The number of aromatic nitrogens is 2. The summed E-state index contributed by atoms with van der Waals surface area (Å²) in [5.41, 5.74) is 0.654. The molecule has 0 N–H and O–H groups in total. The molecule has 7 nitrogen and oxygen atoms in total. The molecule has 2 aromatic carbocycles. The lowest BCUT2D eigenvalue weighted by atomic mass is 10.1. The van der Waals surface area contributed by atoms with Gasteiger partial charge in [0.1, 0.15) is 23.6 Å². The number of piperazine rings is 1. The summed E-state index contributed by atoms with van der Waals surface area (Å²) >= 11 is 6.15. The standard InChI is InChI=1S/C22H21ClN4O3/c1-29-17-8-6-16(7-9-17)22(28)27-12-10-26(11-13-27)20-14-21(25-15-24-20)30-19-5-3-2-4-18(19)23/h2-9,14-15H,10-13H2,1H3. The van der Waals surface area contributed by atoms with E-state index in [0.717, 1.165) is 11.6 Å². The number of ether oxygens (including phenoxy) is 2. The Morgan fingerprint density at radius 3 is 2.43 bits per heavy atom. The van der Waals surface area contributed by atoms with E-state index in [2.05, 4.69) is 14.9 Å². The summed E-state index contributed by atoms with van der Waals surface area (Å²) in [5, 5.41) is 0.517. The summed E-state index contributed by atoms with van der Waals surface area (Å²) in [6, 6.07) is 16.2. The van der Waals surface area contributed by atoms with Crippen molar-refractivity contribution in [1.29, 1.82) is 0 Å². The van der Waals surface area contributed by atoms with Crippen LogP contribution in [0.2, 0.25) is 5.02 Å². The number of halogens is 1. The predicted octanol–water partition coefficient (Wildman–Crippen LogP) is 3.89. The number of carbonyl (C=O) groups is 1. The molecular formula is C22H21ClN4O3. The molecular weight excluding hydrogens is 404 g/mol. The van der Waals surface area contributed by atoms with E-state index in [1.54, 1.807) is 49.6 Å². The van der Waals surface area contributed by atoms with Crippen LogP contribution in [0.5, 0.6) is 17.4 Å². The Balaban J connectivity index is 1.39. The first kappa shape index (κ1) is 20.0. The first-order chi connectivity index (χ1) is 14.6. The van der Waals surface area contributed by atoms with Crippen molar-refractivity contribution in [3.63, 3.8) is 0 Å². The van der Waals surface area contributed by atoms with Crippen molar-refractivity contribution >= 4 is 23.3 Å². The Bertz CT molecular complexity index is 1020. The van der Waals surface area contributed by atoms with Crippen molar-refractivity contribution < 1.29 is 14.3 Å². The molecule has 0 aliphatic carbocycles. The zero-order valence-electron chi connectivity index (χ0n) is 16.5. The van der Waals surface area contributed by atoms with Gasteiger partial charge in [0.05, 0.1) is 12.1 Å². The molecule has 0 atom stereocenters. The molecule has 3 aromatic rings. The number of carbonyl (C=O) groups excluding carboxylic acids is 1. The van der Waals surface area contributed by atoms with Gasteiger partial charge in [-0.1, -0.05) is 23.7 Å². The lowest BCUT2D eigenvalue weighted by molar-refractivity contribution is 0.0746. The minimum absolute atomic E-state index is 0.0164. The minimum atomic E-state index is 0.0164. The van der Waals surface area contributed by atoms with Crippen molar-refractivity contribution in [2.75, 3.05) is 38.2 Å². The summed E-state index contributed by atoms with van der Waals surface area (Å²) in [4.78, 5) is 25.2. The zero-order chi connectivity index (χ0) is 20.9. The van der Waals surface area contributed by atoms with E-state index in [-0.39, 0.29) is 5.91 Å². The Morgan fingerprint density at radius 2 is 1.73 bits per heavy atom. The maximum atomic E-state index is 12.7. The van der Waals surface area contributed by atoms with Gasteiger partial charge in [0.2, 0.25) is 5.88 Å². The van der Waals surface area contributed by atoms with Crippen LogP contribution in [0, 0.1) is 0 Å². The molecule has 1 aliphatic rings. The third-order valence-electron chi connectivity index (χ3n) is 4.91. The average Bonchev–Trinajstić information content (AvgIpc) is 2.80. The number of nitrogens with zero attached hydrogens (tertiary/aromatic N) is 4. The van der Waals surface area contributed by atoms with E-state index >= 15 is 0 Å². The topological polar surface area (TPSA) is 67.8 Å². The van der Waals surface area contributed by atoms with Gasteiger partial charge in [-0.25, -0.2) is 9.97 Å². The molecule has 1 aromatic heterocycles. The third-order valence-corrected chi connectivity index (χ3v) is 5.22. The van der Waals surface area contributed by atoms with Crippen molar-refractivity contribution in [2.45, 2.75) is 0 Å². The number of methoxy groups -OCH3 is 1. The molecule has 0 saturated carbocycles. The van der Waals surface area contributed by atoms with Gasteiger partial charge in [-0.2, -0.15) is 0 Å². The largest absolute Gasteiger partial charge is 0.497 e. The lowest BCUT2D eigenvalue weighted by Crippen LogP contribution is -2.49. The maximum absolute atomic E-state index is 12.7. The molecule has 154 valence electrons. The molecule has 0 spiro atoms. The summed E-state index contributed by atoms with van der Waals surface area (Å²) in [6.07, 6.45) is 1.47. The second kappa shape index (κ2) is 9.00. The second-order valence-electron chi connectivity index (χ2n) is 6.75. The number of hydrogen-bond acceptors (Lipinski definition) is 6. The molecule has 1 amide bonds. The van der Waals surface area contributed by atoms with E-state index < -0.39 is 0 Å². The van der Waals surface area contributed by atoms with Crippen LogP contribution in [0.4, 0.5) is 5.82 Å². The molecule has 30 heavy (non-hydrogen) atoms. The molecule has 4 rings (SSSR count). The molecule has 2 heterocycles. The van der Waals surface area contributed by atoms with Crippen molar-refractivity contribution in [1.82, 2.24) is 14.9 Å². The number of para-hydroxylation sites is 1. The molecule has 1 aliphatic heterocycles. The summed E-state index contributed by atoms with van der Waals surface area (Å²) < 4.78 is 10.9. The Kier molecular flexibility index (Phi) is 5.99. The summed E-state index contributed by atoms with van der Waals surface area (Å²) in [6.45, 7) is 2.56. The quantitative estimate of drug-likeness (QED) is 0.619. The van der Waals surface area contributed by atoms with E-state index in [1.807, 2.05) is 17.0 Å². The van der Waals surface area contributed by atoms with Crippen LogP contribution in [-0.4, -0.2) is 54.1 Å². The third kappa shape index (κ3) is 4.46. The Morgan fingerprint density at radius 1 is 1.00 bits per heavy atom. The van der Waals surface area contributed by atoms with Gasteiger partial charge in [0, 0.05) is 37.8 Å².